The number of nitro benzene ring substituents is 1. The molecule has 0 unspecified atom stereocenters. The summed E-state index contributed by atoms with van der Waals surface area (Å²) in [5, 5.41) is 10.7. The summed E-state index contributed by atoms with van der Waals surface area (Å²) in [6.45, 7) is 1.60. The number of nitro groups is 1. The number of alkyl halides is 1. The second-order valence-corrected chi connectivity index (χ2v) is 3.44. The predicted octanol–water partition coefficient (Wildman–Crippen LogP) is 2.14. The summed E-state index contributed by atoms with van der Waals surface area (Å²) in [4.78, 5) is 32.2. The second-order valence-electron chi connectivity index (χ2n) is 3.18. The number of aldehydes is 1. The first-order valence-electron chi connectivity index (χ1n) is 4.34. The minimum atomic E-state index is -0.693. The minimum absolute atomic E-state index is 0.00306. The smallest absolute Gasteiger partial charge is 0.280 e. The van der Waals surface area contributed by atoms with E-state index < -0.39 is 10.7 Å². The second kappa shape index (κ2) is 4.85. The number of carbonyl (C=O) groups excluding carboxylic acids is 2. The first kappa shape index (κ1) is 12.3. The van der Waals surface area contributed by atoms with Crippen LogP contribution in [-0.4, -0.2) is 22.9 Å². The van der Waals surface area contributed by atoms with Crippen LogP contribution in [0.25, 0.3) is 0 Å². The third kappa shape index (κ3) is 2.25. The number of hydrogen-bond acceptors (Lipinski definition) is 4. The fourth-order valence-electron chi connectivity index (χ4n) is 1.36. The van der Waals surface area contributed by atoms with Crippen molar-refractivity contribution >= 4 is 29.4 Å². The Balaban J connectivity index is 3.54. The number of nitrogens with zero attached hydrogens (tertiary/aromatic N) is 1. The van der Waals surface area contributed by atoms with Crippen LogP contribution in [-0.2, 0) is 0 Å². The summed E-state index contributed by atoms with van der Waals surface area (Å²) < 4.78 is 0. The zero-order valence-corrected chi connectivity index (χ0v) is 9.15. The number of aryl methyl sites for hydroxylation is 1. The number of Topliss-reactive ketones (excluding diaryl/α,β-unsaturated/α-hetero) is 1. The number of rotatable bonds is 4. The maximum absolute atomic E-state index is 11.4. The standard InChI is InChI=1S/C10H8ClNO4/c1-6-2-7(10(14)4-11)8(5-13)9(3-6)12(15)16/h2-3,5H,4H2,1H3. The highest BCUT2D eigenvalue weighted by Gasteiger charge is 2.21. The van der Waals surface area contributed by atoms with Crippen LogP contribution in [0.2, 0.25) is 0 Å². The topological polar surface area (TPSA) is 77.3 Å². The molecule has 0 heterocycles. The number of hydrogen-bond donors (Lipinski definition) is 0. The highest BCUT2D eigenvalue weighted by Crippen LogP contribution is 2.23. The lowest BCUT2D eigenvalue weighted by Gasteiger charge is -2.04. The summed E-state index contributed by atoms with van der Waals surface area (Å²) in [5.74, 6) is -0.822. The maximum atomic E-state index is 11.4. The molecular weight excluding hydrogens is 234 g/mol. The summed E-state index contributed by atoms with van der Waals surface area (Å²) in [5.41, 5.74) is -0.0628. The average Bonchev–Trinajstić information content (AvgIpc) is 2.26. The van der Waals surface area contributed by atoms with E-state index in [9.17, 15) is 19.7 Å². The van der Waals surface area contributed by atoms with Crippen molar-refractivity contribution in [1.29, 1.82) is 0 Å². The lowest BCUT2D eigenvalue weighted by Crippen LogP contribution is -2.08. The van der Waals surface area contributed by atoms with Gasteiger partial charge < -0.3 is 0 Å². The zero-order valence-electron chi connectivity index (χ0n) is 8.40. The number of benzene rings is 1. The minimum Gasteiger partial charge on any atom is -0.298 e. The van der Waals surface area contributed by atoms with Gasteiger partial charge in [-0.2, -0.15) is 0 Å². The molecule has 5 nitrogen and oxygen atoms in total. The van der Waals surface area contributed by atoms with Crippen molar-refractivity contribution in [2.24, 2.45) is 0 Å². The van der Waals surface area contributed by atoms with Gasteiger partial charge in [-0.25, -0.2) is 0 Å². The summed E-state index contributed by atoms with van der Waals surface area (Å²) in [6.07, 6.45) is 0.303. The van der Waals surface area contributed by atoms with Crippen LogP contribution in [0.4, 0.5) is 5.69 Å². The van der Waals surface area contributed by atoms with Crippen LogP contribution >= 0.6 is 11.6 Å². The van der Waals surface area contributed by atoms with Crippen molar-refractivity contribution in [3.05, 3.63) is 38.9 Å². The fourth-order valence-corrected chi connectivity index (χ4v) is 1.50. The van der Waals surface area contributed by atoms with E-state index in [0.717, 1.165) is 0 Å². The Morgan fingerprint density at radius 1 is 1.56 bits per heavy atom. The van der Waals surface area contributed by atoms with Crippen molar-refractivity contribution < 1.29 is 14.5 Å². The quantitative estimate of drug-likeness (QED) is 0.266. The highest BCUT2D eigenvalue weighted by molar-refractivity contribution is 6.31. The lowest BCUT2D eigenvalue weighted by molar-refractivity contribution is -0.385. The molecule has 0 bridgehead atoms. The van der Waals surface area contributed by atoms with Crippen LogP contribution in [0.1, 0.15) is 26.3 Å². The third-order valence-corrected chi connectivity index (χ3v) is 2.28. The molecule has 1 aromatic carbocycles. The van der Waals surface area contributed by atoms with Crippen LogP contribution in [0.15, 0.2) is 12.1 Å². The van der Waals surface area contributed by atoms with Gasteiger partial charge in [0, 0.05) is 11.6 Å². The molecule has 0 N–H and O–H groups in total. The van der Waals surface area contributed by atoms with Crippen molar-refractivity contribution in [3.63, 3.8) is 0 Å². The molecule has 16 heavy (non-hydrogen) atoms. The van der Waals surface area contributed by atoms with Gasteiger partial charge >= 0.3 is 0 Å². The van der Waals surface area contributed by atoms with E-state index in [1.165, 1.54) is 12.1 Å². The molecule has 1 aromatic rings. The monoisotopic (exact) mass is 241 g/mol. The number of carbonyl (C=O) groups is 2. The summed E-state index contributed by atoms with van der Waals surface area (Å²) in [7, 11) is 0. The van der Waals surface area contributed by atoms with Crippen molar-refractivity contribution in [2.45, 2.75) is 6.92 Å². The van der Waals surface area contributed by atoms with E-state index in [2.05, 4.69) is 0 Å². The van der Waals surface area contributed by atoms with Crippen LogP contribution < -0.4 is 0 Å². The van der Waals surface area contributed by atoms with E-state index in [1.807, 2.05) is 0 Å². The van der Waals surface area contributed by atoms with Gasteiger partial charge in [0.1, 0.15) is 5.56 Å². The van der Waals surface area contributed by atoms with E-state index >= 15 is 0 Å². The Hall–Kier alpha value is -1.75. The van der Waals surface area contributed by atoms with Crippen molar-refractivity contribution in [1.82, 2.24) is 0 Å². The molecule has 0 fully saturated rings. The number of halogens is 1. The SMILES string of the molecule is Cc1cc(C(=O)CCl)c(C=O)c([N+](=O)[O-])c1. The van der Waals surface area contributed by atoms with Gasteiger partial charge in [-0.1, -0.05) is 0 Å². The van der Waals surface area contributed by atoms with Gasteiger partial charge in [0.2, 0.25) is 0 Å². The summed E-state index contributed by atoms with van der Waals surface area (Å²) in [6, 6.07) is 2.66. The molecule has 0 saturated carbocycles. The lowest BCUT2D eigenvalue weighted by atomic mass is 10.0. The Bertz CT molecular complexity index is 470. The van der Waals surface area contributed by atoms with Crippen molar-refractivity contribution in [3.8, 4) is 0 Å². The molecule has 0 aliphatic rings. The fraction of sp³-hybridized carbons (Fsp3) is 0.200. The van der Waals surface area contributed by atoms with Crippen LogP contribution in [0, 0.1) is 17.0 Å². The first-order chi connectivity index (χ1) is 7.51. The molecule has 0 atom stereocenters. The van der Waals surface area contributed by atoms with E-state index in [0.29, 0.717) is 11.8 Å². The third-order valence-electron chi connectivity index (χ3n) is 2.04. The molecule has 0 spiro atoms. The van der Waals surface area contributed by atoms with Crippen molar-refractivity contribution in [2.75, 3.05) is 5.88 Å². The maximum Gasteiger partial charge on any atom is 0.280 e. The van der Waals surface area contributed by atoms with Gasteiger partial charge in [-0.3, -0.25) is 19.7 Å². The predicted molar refractivity (Wildman–Crippen MR) is 58.3 cm³/mol. The van der Waals surface area contributed by atoms with Gasteiger partial charge in [-0.05, 0) is 18.6 Å². The molecule has 0 aliphatic carbocycles. The molecule has 6 heteroatoms. The average molecular weight is 242 g/mol. The summed E-state index contributed by atoms with van der Waals surface area (Å²) >= 11 is 5.36. The zero-order chi connectivity index (χ0) is 12.3. The van der Waals surface area contributed by atoms with E-state index in [1.54, 1.807) is 6.92 Å². The highest BCUT2D eigenvalue weighted by atomic mass is 35.5. The molecule has 1 rings (SSSR count). The Kier molecular flexibility index (Phi) is 3.73. The van der Waals surface area contributed by atoms with E-state index in [-0.39, 0.29) is 22.7 Å². The first-order valence-corrected chi connectivity index (χ1v) is 4.88. The van der Waals surface area contributed by atoms with Gasteiger partial charge in [0.05, 0.1) is 10.8 Å². The van der Waals surface area contributed by atoms with Gasteiger partial charge in [0.15, 0.2) is 12.1 Å². The molecular formula is C10H8ClNO4. The molecule has 0 radical (unpaired) electrons. The van der Waals surface area contributed by atoms with Crippen LogP contribution in [0.5, 0.6) is 0 Å². The Morgan fingerprint density at radius 3 is 2.62 bits per heavy atom. The molecule has 0 aromatic heterocycles. The number of ketones is 1. The largest absolute Gasteiger partial charge is 0.298 e. The van der Waals surface area contributed by atoms with Gasteiger partial charge in [0.25, 0.3) is 5.69 Å². The molecule has 0 saturated heterocycles. The van der Waals surface area contributed by atoms with Crippen LogP contribution in [0.3, 0.4) is 0 Å². The molecule has 0 aliphatic heterocycles. The van der Waals surface area contributed by atoms with Gasteiger partial charge in [-0.15, -0.1) is 11.6 Å². The normalized spacial score (nSPS) is 9.88. The Morgan fingerprint density at radius 2 is 2.19 bits per heavy atom. The molecule has 84 valence electrons. The Labute approximate surface area is 96.2 Å². The molecule has 0 amide bonds. The van der Waals surface area contributed by atoms with E-state index in [4.69, 9.17) is 11.6 Å².